The zero-order chi connectivity index (χ0) is 14.1. The second-order valence-electron chi connectivity index (χ2n) is 4.99. The summed E-state index contributed by atoms with van der Waals surface area (Å²) in [5, 5.41) is 0.00465. The van der Waals surface area contributed by atoms with Crippen molar-refractivity contribution in [2.75, 3.05) is 6.61 Å². The van der Waals surface area contributed by atoms with E-state index in [9.17, 15) is 8.42 Å². The number of aromatic nitrogens is 1. The van der Waals surface area contributed by atoms with E-state index >= 15 is 0 Å². The predicted molar refractivity (Wildman–Crippen MR) is 70.9 cm³/mol. The van der Waals surface area contributed by atoms with Crippen LogP contribution in [0.5, 0.6) is 0 Å². The molecule has 1 aromatic rings. The van der Waals surface area contributed by atoms with Crippen LogP contribution in [0.4, 0.5) is 0 Å². The molecule has 1 aromatic heterocycles. The summed E-state index contributed by atoms with van der Waals surface area (Å²) in [7, 11) is -3.64. The molecule has 2 unspecified atom stereocenters. The molecule has 7 heteroatoms. The van der Waals surface area contributed by atoms with Gasteiger partial charge in [-0.1, -0.05) is 6.07 Å². The van der Waals surface area contributed by atoms with Gasteiger partial charge in [-0.3, -0.25) is 0 Å². The van der Waals surface area contributed by atoms with Crippen molar-refractivity contribution >= 4 is 10.0 Å². The van der Waals surface area contributed by atoms with Gasteiger partial charge in [-0.25, -0.2) is 18.1 Å². The molecule has 1 aliphatic rings. The van der Waals surface area contributed by atoms with Crippen LogP contribution in [-0.4, -0.2) is 31.7 Å². The normalized spacial score (nSPS) is 27.6. The number of sulfonamides is 1. The van der Waals surface area contributed by atoms with E-state index in [1.54, 1.807) is 6.07 Å². The summed E-state index contributed by atoms with van der Waals surface area (Å²) in [6.07, 6.45) is 1.96. The fourth-order valence-corrected chi connectivity index (χ4v) is 3.44. The number of rotatable bonds is 4. The SMILES string of the molecule is CC1OCCC1(C)NS(=O)(=O)c1ccc(CN)cn1. The Morgan fingerprint density at radius 1 is 1.58 bits per heavy atom. The summed E-state index contributed by atoms with van der Waals surface area (Å²) in [6, 6.07) is 3.13. The third-order valence-electron chi connectivity index (χ3n) is 3.56. The molecule has 0 aliphatic carbocycles. The van der Waals surface area contributed by atoms with Crippen LogP contribution in [0.3, 0.4) is 0 Å². The molecule has 0 saturated carbocycles. The maximum absolute atomic E-state index is 12.3. The van der Waals surface area contributed by atoms with Gasteiger partial charge < -0.3 is 10.5 Å². The monoisotopic (exact) mass is 285 g/mol. The first-order chi connectivity index (χ1) is 8.87. The van der Waals surface area contributed by atoms with Gasteiger partial charge in [-0.2, -0.15) is 0 Å². The second-order valence-corrected chi connectivity index (χ2v) is 6.62. The molecular formula is C12H19N3O3S. The van der Waals surface area contributed by atoms with Gasteiger partial charge >= 0.3 is 0 Å². The lowest BCUT2D eigenvalue weighted by Crippen LogP contribution is -2.50. The zero-order valence-corrected chi connectivity index (χ0v) is 11.9. The summed E-state index contributed by atoms with van der Waals surface area (Å²) in [5.41, 5.74) is 5.66. The minimum atomic E-state index is -3.64. The summed E-state index contributed by atoms with van der Waals surface area (Å²) in [6.45, 7) is 4.60. The molecule has 2 atom stereocenters. The molecule has 1 fully saturated rings. The van der Waals surface area contributed by atoms with E-state index in [4.69, 9.17) is 10.5 Å². The number of nitrogens with two attached hydrogens (primary N) is 1. The number of hydrogen-bond acceptors (Lipinski definition) is 5. The largest absolute Gasteiger partial charge is 0.376 e. The van der Waals surface area contributed by atoms with Crippen LogP contribution in [0.15, 0.2) is 23.4 Å². The molecule has 3 N–H and O–H groups in total. The van der Waals surface area contributed by atoms with Crippen LogP contribution in [0.2, 0.25) is 0 Å². The van der Waals surface area contributed by atoms with Gasteiger partial charge in [-0.15, -0.1) is 0 Å². The quantitative estimate of drug-likeness (QED) is 0.834. The Hall–Kier alpha value is -1.02. The highest BCUT2D eigenvalue weighted by Crippen LogP contribution is 2.27. The maximum Gasteiger partial charge on any atom is 0.258 e. The maximum atomic E-state index is 12.3. The molecule has 1 aliphatic heterocycles. The van der Waals surface area contributed by atoms with Gasteiger partial charge in [0.15, 0.2) is 5.03 Å². The van der Waals surface area contributed by atoms with Crippen molar-refractivity contribution in [1.29, 1.82) is 0 Å². The van der Waals surface area contributed by atoms with Crippen LogP contribution in [-0.2, 0) is 21.3 Å². The van der Waals surface area contributed by atoms with Gasteiger partial charge in [0.25, 0.3) is 10.0 Å². The third kappa shape index (κ3) is 2.94. The highest BCUT2D eigenvalue weighted by molar-refractivity contribution is 7.89. The number of hydrogen-bond donors (Lipinski definition) is 2. The molecule has 2 heterocycles. The summed E-state index contributed by atoms with van der Waals surface area (Å²) < 4.78 is 32.7. The number of nitrogens with zero attached hydrogens (tertiary/aromatic N) is 1. The molecular weight excluding hydrogens is 266 g/mol. The second kappa shape index (κ2) is 5.16. The fourth-order valence-electron chi connectivity index (χ4n) is 2.02. The van der Waals surface area contributed by atoms with Crippen molar-refractivity contribution in [2.45, 2.75) is 43.5 Å². The van der Waals surface area contributed by atoms with Gasteiger partial charge in [-0.05, 0) is 31.9 Å². The van der Waals surface area contributed by atoms with E-state index in [-0.39, 0.29) is 11.1 Å². The van der Waals surface area contributed by atoms with Crippen LogP contribution in [0, 0.1) is 0 Å². The lowest BCUT2D eigenvalue weighted by atomic mass is 9.97. The van der Waals surface area contributed by atoms with Crippen LogP contribution in [0.1, 0.15) is 25.8 Å². The van der Waals surface area contributed by atoms with E-state index in [0.717, 1.165) is 5.56 Å². The molecule has 6 nitrogen and oxygen atoms in total. The Bertz CT molecular complexity index is 544. The van der Waals surface area contributed by atoms with Crippen molar-refractivity contribution in [1.82, 2.24) is 9.71 Å². The van der Waals surface area contributed by atoms with E-state index in [0.29, 0.717) is 19.6 Å². The highest BCUT2D eigenvalue weighted by atomic mass is 32.2. The molecule has 0 spiro atoms. The van der Waals surface area contributed by atoms with Crippen LogP contribution in [0.25, 0.3) is 0 Å². The van der Waals surface area contributed by atoms with Gasteiger partial charge in [0, 0.05) is 19.3 Å². The smallest absolute Gasteiger partial charge is 0.258 e. The molecule has 0 amide bonds. The van der Waals surface area contributed by atoms with Crippen molar-refractivity contribution in [2.24, 2.45) is 5.73 Å². The summed E-state index contributed by atoms with van der Waals surface area (Å²) in [5.74, 6) is 0. The molecule has 0 bridgehead atoms. The number of pyridine rings is 1. The van der Waals surface area contributed by atoms with Crippen LogP contribution >= 0.6 is 0 Å². The van der Waals surface area contributed by atoms with E-state index < -0.39 is 15.6 Å². The number of ether oxygens (including phenoxy) is 1. The van der Waals surface area contributed by atoms with Crippen LogP contribution < -0.4 is 10.5 Å². The van der Waals surface area contributed by atoms with Crippen molar-refractivity contribution in [3.05, 3.63) is 23.9 Å². The Morgan fingerprint density at radius 3 is 2.79 bits per heavy atom. The van der Waals surface area contributed by atoms with E-state index in [2.05, 4.69) is 9.71 Å². The van der Waals surface area contributed by atoms with E-state index in [1.165, 1.54) is 12.3 Å². The average molecular weight is 285 g/mol. The highest BCUT2D eigenvalue weighted by Gasteiger charge is 2.40. The van der Waals surface area contributed by atoms with Crippen molar-refractivity contribution in [3.63, 3.8) is 0 Å². The molecule has 2 rings (SSSR count). The topological polar surface area (TPSA) is 94.3 Å². The summed E-state index contributed by atoms with van der Waals surface area (Å²) >= 11 is 0. The fraction of sp³-hybridized carbons (Fsp3) is 0.583. The first kappa shape index (κ1) is 14.4. The summed E-state index contributed by atoms with van der Waals surface area (Å²) in [4.78, 5) is 3.95. The Labute approximate surface area is 113 Å². The predicted octanol–water partition coefficient (Wildman–Crippen LogP) is 0.386. The average Bonchev–Trinajstić information content (AvgIpc) is 2.68. The number of nitrogens with one attached hydrogen (secondary N) is 1. The van der Waals surface area contributed by atoms with Gasteiger partial charge in [0.05, 0.1) is 11.6 Å². The Kier molecular flexibility index (Phi) is 3.91. The minimum absolute atomic E-state index is 0.00465. The molecule has 1 saturated heterocycles. The minimum Gasteiger partial charge on any atom is -0.376 e. The lowest BCUT2D eigenvalue weighted by molar-refractivity contribution is 0.0957. The standard InChI is InChI=1S/C12H19N3O3S/c1-9-12(2,5-6-18-9)15-19(16,17)11-4-3-10(7-13)8-14-11/h3-4,8-9,15H,5-7,13H2,1-2H3. The molecule has 19 heavy (non-hydrogen) atoms. The van der Waals surface area contributed by atoms with Gasteiger partial charge in [0.1, 0.15) is 0 Å². The van der Waals surface area contributed by atoms with E-state index in [1.807, 2.05) is 13.8 Å². The lowest BCUT2D eigenvalue weighted by Gasteiger charge is -2.28. The molecule has 0 radical (unpaired) electrons. The Morgan fingerprint density at radius 2 is 2.32 bits per heavy atom. The molecule has 106 valence electrons. The first-order valence-electron chi connectivity index (χ1n) is 6.18. The molecule has 0 aromatic carbocycles. The first-order valence-corrected chi connectivity index (χ1v) is 7.66. The van der Waals surface area contributed by atoms with Gasteiger partial charge in [0.2, 0.25) is 0 Å². The van der Waals surface area contributed by atoms with Crippen molar-refractivity contribution < 1.29 is 13.2 Å². The van der Waals surface area contributed by atoms with Crippen molar-refractivity contribution in [3.8, 4) is 0 Å². The zero-order valence-electron chi connectivity index (χ0n) is 11.1. The Balaban J connectivity index is 2.22. The third-order valence-corrected chi connectivity index (χ3v) is 5.09.